The minimum Gasteiger partial charge on any atom is -0.480 e. The highest BCUT2D eigenvalue weighted by atomic mass is 32.2. The lowest BCUT2D eigenvalue weighted by Gasteiger charge is -2.33. The molecule has 1 N–H and O–H groups in total. The molecule has 0 aliphatic heterocycles. The Labute approximate surface area is 128 Å². The van der Waals surface area contributed by atoms with Gasteiger partial charge in [0.25, 0.3) is 5.69 Å². The molecule has 0 heterocycles. The minimum absolute atomic E-state index is 0.530. The Kier molecular flexibility index (Phi) is 4.93. The summed E-state index contributed by atoms with van der Waals surface area (Å²) in [5, 5.41) is 20.3. The molecule has 0 saturated heterocycles. The first-order chi connectivity index (χ1) is 9.90. The molecule has 22 heavy (non-hydrogen) atoms. The summed E-state index contributed by atoms with van der Waals surface area (Å²) in [6.07, 6.45) is 0. The number of likely N-dealkylation sites (N-methyl/N-ethyl adjacent to an activating group) is 1. The van der Waals surface area contributed by atoms with Crippen LogP contribution in [-0.4, -0.2) is 41.8 Å². The second-order valence-corrected chi connectivity index (χ2v) is 7.82. The minimum atomic E-state index is -4.33. The van der Waals surface area contributed by atoms with Gasteiger partial charge in [-0.15, -0.1) is 0 Å². The summed E-state index contributed by atoms with van der Waals surface area (Å²) in [5.74, 6) is -1.32. The lowest BCUT2D eigenvalue weighted by molar-refractivity contribution is -0.387. The maximum Gasteiger partial charge on any atom is 0.322 e. The zero-order chi connectivity index (χ0) is 17.3. The van der Waals surface area contributed by atoms with Crippen molar-refractivity contribution in [1.82, 2.24) is 4.31 Å². The van der Waals surface area contributed by atoms with Crippen molar-refractivity contribution in [3.8, 4) is 0 Å². The second kappa shape index (κ2) is 6.01. The molecule has 9 heteroatoms. The van der Waals surface area contributed by atoms with Crippen LogP contribution in [0.3, 0.4) is 0 Å². The van der Waals surface area contributed by atoms with Gasteiger partial charge in [-0.05, 0) is 11.5 Å². The van der Waals surface area contributed by atoms with Crippen molar-refractivity contribution >= 4 is 21.7 Å². The molecule has 0 unspecified atom stereocenters. The van der Waals surface area contributed by atoms with Gasteiger partial charge in [0.05, 0.1) is 4.92 Å². The van der Waals surface area contributed by atoms with Gasteiger partial charge in [-0.25, -0.2) is 8.42 Å². The topological polar surface area (TPSA) is 118 Å². The van der Waals surface area contributed by atoms with E-state index in [-0.39, 0.29) is 0 Å². The van der Waals surface area contributed by atoms with Crippen molar-refractivity contribution < 1.29 is 23.2 Å². The van der Waals surface area contributed by atoms with Crippen LogP contribution in [-0.2, 0) is 14.8 Å². The molecule has 0 saturated carbocycles. The number of para-hydroxylation sites is 1. The van der Waals surface area contributed by atoms with Gasteiger partial charge in [-0.3, -0.25) is 14.9 Å². The normalized spacial score (nSPS) is 13.9. The number of sulfonamides is 1. The summed E-state index contributed by atoms with van der Waals surface area (Å²) in [6, 6.07) is 3.48. The van der Waals surface area contributed by atoms with Crippen LogP contribution in [0.2, 0.25) is 0 Å². The number of aliphatic carboxylic acids is 1. The summed E-state index contributed by atoms with van der Waals surface area (Å²) < 4.78 is 25.9. The average Bonchev–Trinajstić information content (AvgIpc) is 2.36. The number of carboxylic acid groups (broad SMARTS) is 1. The van der Waals surface area contributed by atoms with Gasteiger partial charge in [0.1, 0.15) is 6.04 Å². The molecule has 0 spiro atoms. The highest BCUT2D eigenvalue weighted by Gasteiger charge is 2.42. The first-order valence-electron chi connectivity index (χ1n) is 6.35. The quantitative estimate of drug-likeness (QED) is 0.648. The smallest absolute Gasteiger partial charge is 0.322 e. The Hall–Kier alpha value is -2.00. The van der Waals surface area contributed by atoms with E-state index in [9.17, 15) is 28.4 Å². The summed E-state index contributed by atoms with van der Waals surface area (Å²) in [7, 11) is -3.22. The van der Waals surface area contributed by atoms with Crippen LogP contribution >= 0.6 is 0 Å². The number of nitro benzene ring substituents is 1. The lowest BCUT2D eigenvalue weighted by atomic mass is 9.87. The van der Waals surface area contributed by atoms with Gasteiger partial charge < -0.3 is 5.11 Å². The molecular weight excluding hydrogens is 312 g/mol. The third-order valence-electron chi connectivity index (χ3n) is 3.14. The first kappa shape index (κ1) is 18.1. The maximum absolute atomic E-state index is 12.6. The monoisotopic (exact) mass is 330 g/mol. The SMILES string of the molecule is CN([C@H](C(=O)O)C(C)(C)C)S(=O)(=O)c1ccccc1[N+](=O)[O-]. The van der Waals surface area contributed by atoms with Crippen molar-refractivity contribution in [2.24, 2.45) is 5.41 Å². The largest absolute Gasteiger partial charge is 0.480 e. The van der Waals surface area contributed by atoms with Crippen LogP contribution in [0, 0.1) is 15.5 Å². The van der Waals surface area contributed by atoms with E-state index in [0.29, 0.717) is 4.31 Å². The van der Waals surface area contributed by atoms with E-state index in [1.807, 2.05) is 0 Å². The number of carboxylic acids is 1. The first-order valence-corrected chi connectivity index (χ1v) is 7.79. The number of benzene rings is 1. The molecule has 122 valence electrons. The van der Waals surface area contributed by atoms with Gasteiger partial charge in [0.15, 0.2) is 4.90 Å². The van der Waals surface area contributed by atoms with Gasteiger partial charge in [-0.1, -0.05) is 32.9 Å². The molecule has 1 aromatic rings. The van der Waals surface area contributed by atoms with E-state index < -0.39 is 43.0 Å². The van der Waals surface area contributed by atoms with Crippen molar-refractivity contribution in [2.45, 2.75) is 31.7 Å². The van der Waals surface area contributed by atoms with Crippen LogP contribution < -0.4 is 0 Å². The zero-order valence-corrected chi connectivity index (χ0v) is 13.5. The second-order valence-electron chi connectivity index (χ2n) is 5.85. The summed E-state index contributed by atoms with van der Waals surface area (Å²) in [4.78, 5) is 21.1. The third-order valence-corrected chi connectivity index (χ3v) is 5.01. The Morgan fingerprint density at radius 3 is 2.23 bits per heavy atom. The Bertz CT molecular complexity index is 693. The number of carbonyl (C=O) groups is 1. The molecule has 0 aliphatic carbocycles. The zero-order valence-electron chi connectivity index (χ0n) is 12.7. The molecule has 1 aromatic carbocycles. The third kappa shape index (κ3) is 3.42. The number of nitro groups is 1. The molecule has 1 atom stereocenters. The Morgan fingerprint density at radius 2 is 1.82 bits per heavy atom. The molecule has 0 bridgehead atoms. The van der Waals surface area contributed by atoms with Crippen LogP contribution in [0.5, 0.6) is 0 Å². The van der Waals surface area contributed by atoms with Crippen LogP contribution in [0.4, 0.5) is 5.69 Å². The van der Waals surface area contributed by atoms with E-state index in [0.717, 1.165) is 19.2 Å². The maximum atomic E-state index is 12.6. The van der Waals surface area contributed by atoms with Crippen molar-refractivity contribution in [1.29, 1.82) is 0 Å². The van der Waals surface area contributed by atoms with Gasteiger partial charge in [0.2, 0.25) is 10.0 Å². The summed E-state index contributed by atoms with van der Waals surface area (Å²) >= 11 is 0. The van der Waals surface area contributed by atoms with E-state index in [1.54, 1.807) is 20.8 Å². The highest BCUT2D eigenvalue weighted by Crippen LogP contribution is 2.31. The number of rotatable bonds is 5. The van der Waals surface area contributed by atoms with Gasteiger partial charge >= 0.3 is 5.97 Å². The number of hydrogen-bond donors (Lipinski definition) is 1. The van der Waals surface area contributed by atoms with Crippen LogP contribution in [0.1, 0.15) is 20.8 Å². The van der Waals surface area contributed by atoms with E-state index in [2.05, 4.69) is 0 Å². The molecule has 0 radical (unpaired) electrons. The molecule has 0 fully saturated rings. The molecule has 0 aromatic heterocycles. The van der Waals surface area contributed by atoms with E-state index in [4.69, 9.17) is 0 Å². The lowest BCUT2D eigenvalue weighted by Crippen LogP contribution is -2.50. The predicted molar refractivity (Wildman–Crippen MR) is 78.9 cm³/mol. The predicted octanol–water partition coefficient (Wildman–Crippen LogP) is 1.71. The summed E-state index contributed by atoms with van der Waals surface area (Å²) in [6.45, 7) is 4.74. The fourth-order valence-electron chi connectivity index (χ4n) is 2.19. The van der Waals surface area contributed by atoms with Crippen molar-refractivity contribution in [2.75, 3.05) is 7.05 Å². The standard InChI is InChI=1S/C13H18N2O6S/c1-13(2,3)11(12(16)17)14(4)22(20,21)10-8-6-5-7-9(10)15(18)19/h5-8,11H,1-4H3,(H,16,17)/t11-/m1/s1. The molecule has 8 nitrogen and oxygen atoms in total. The highest BCUT2D eigenvalue weighted by molar-refractivity contribution is 7.89. The number of hydrogen-bond acceptors (Lipinski definition) is 5. The Balaban J connectivity index is 3.47. The van der Waals surface area contributed by atoms with Crippen LogP contribution in [0.15, 0.2) is 29.2 Å². The summed E-state index contributed by atoms with van der Waals surface area (Å²) in [5.41, 5.74) is -1.48. The van der Waals surface area contributed by atoms with Crippen molar-refractivity contribution in [3.63, 3.8) is 0 Å². The fourth-order valence-corrected chi connectivity index (χ4v) is 3.84. The van der Waals surface area contributed by atoms with Gasteiger partial charge in [0, 0.05) is 13.1 Å². The van der Waals surface area contributed by atoms with Crippen molar-refractivity contribution in [3.05, 3.63) is 34.4 Å². The number of nitrogens with zero attached hydrogens (tertiary/aromatic N) is 2. The van der Waals surface area contributed by atoms with E-state index >= 15 is 0 Å². The van der Waals surface area contributed by atoms with E-state index in [1.165, 1.54) is 12.1 Å². The average molecular weight is 330 g/mol. The molecular formula is C13H18N2O6S. The molecule has 0 aliphatic rings. The van der Waals surface area contributed by atoms with Crippen LogP contribution in [0.25, 0.3) is 0 Å². The Morgan fingerprint density at radius 1 is 1.32 bits per heavy atom. The van der Waals surface area contributed by atoms with Gasteiger partial charge in [-0.2, -0.15) is 4.31 Å². The molecule has 1 rings (SSSR count). The fraction of sp³-hybridized carbons (Fsp3) is 0.462. The molecule has 0 amide bonds.